The Bertz CT molecular complexity index is 467. The van der Waals surface area contributed by atoms with Crippen molar-refractivity contribution in [1.82, 2.24) is 0 Å². The van der Waals surface area contributed by atoms with E-state index in [9.17, 15) is 4.79 Å². The Morgan fingerprint density at radius 2 is 2.29 bits per heavy atom. The summed E-state index contributed by atoms with van der Waals surface area (Å²) in [6.07, 6.45) is -0.475. The number of carbonyl (C=O) groups is 1. The van der Waals surface area contributed by atoms with Gasteiger partial charge in [-0.15, -0.1) is 0 Å². The molecule has 1 amide bonds. The molecule has 0 bridgehead atoms. The lowest BCUT2D eigenvalue weighted by molar-refractivity contribution is 0.0900. The molecule has 0 spiro atoms. The molecule has 1 heterocycles. The zero-order chi connectivity index (χ0) is 12.3. The molecular weight excluding hydrogens is 220 g/mol. The summed E-state index contributed by atoms with van der Waals surface area (Å²) in [4.78, 5) is 13.0. The minimum Gasteiger partial charge on any atom is -0.449 e. The van der Waals surface area contributed by atoms with Crippen LogP contribution in [-0.4, -0.2) is 31.0 Å². The van der Waals surface area contributed by atoms with Crippen molar-refractivity contribution in [2.75, 3.05) is 24.7 Å². The molecule has 1 aromatic carbocycles. The normalized spacial score (nSPS) is 19.6. The van der Waals surface area contributed by atoms with Crippen LogP contribution in [0.25, 0.3) is 0 Å². The van der Waals surface area contributed by atoms with Crippen molar-refractivity contribution in [3.8, 4) is 6.07 Å². The number of aliphatic hydroxyl groups is 1. The van der Waals surface area contributed by atoms with E-state index in [0.29, 0.717) is 17.8 Å². The van der Waals surface area contributed by atoms with Crippen LogP contribution in [0.15, 0.2) is 24.3 Å². The van der Waals surface area contributed by atoms with E-state index in [1.807, 2.05) is 6.07 Å². The Kier molecular flexibility index (Phi) is 3.26. The molecule has 17 heavy (non-hydrogen) atoms. The van der Waals surface area contributed by atoms with Crippen molar-refractivity contribution in [3.63, 3.8) is 0 Å². The summed E-state index contributed by atoms with van der Waals surface area (Å²) < 4.78 is 4.97. The number of cyclic esters (lactones) is 1. The van der Waals surface area contributed by atoms with E-state index in [2.05, 4.69) is 0 Å². The molecule has 0 radical (unpaired) electrons. The van der Waals surface area contributed by atoms with E-state index in [1.165, 1.54) is 4.90 Å². The fourth-order valence-electron chi connectivity index (χ4n) is 1.76. The first-order chi connectivity index (χ1) is 8.26. The quantitative estimate of drug-likeness (QED) is 0.829. The zero-order valence-corrected chi connectivity index (χ0v) is 9.17. The number of nitrogens with zero attached hydrogens (tertiary/aromatic N) is 2. The molecule has 2 rings (SSSR count). The Balaban J connectivity index is 2.31. The number of carbonyl (C=O) groups excluding carboxylic acids is 1. The van der Waals surface area contributed by atoms with Crippen LogP contribution in [0.1, 0.15) is 5.56 Å². The van der Waals surface area contributed by atoms with Gasteiger partial charge in [-0.05, 0) is 12.1 Å². The van der Waals surface area contributed by atoms with Gasteiger partial charge in [0.15, 0.2) is 0 Å². The Labute approximate surface area is 98.8 Å². The molecule has 0 aliphatic carbocycles. The lowest BCUT2D eigenvalue weighted by Gasteiger charge is -2.31. The van der Waals surface area contributed by atoms with Gasteiger partial charge in [0.05, 0.1) is 24.5 Å². The molecule has 1 aliphatic heterocycles. The number of para-hydroxylation sites is 1. The molecule has 1 saturated heterocycles. The molecule has 1 unspecified atom stereocenters. The van der Waals surface area contributed by atoms with Crippen molar-refractivity contribution in [2.45, 2.75) is 0 Å². The maximum atomic E-state index is 11.6. The van der Waals surface area contributed by atoms with Gasteiger partial charge in [0, 0.05) is 12.5 Å². The highest BCUT2D eigenvalue weighted by Gasteiger charge is 2.29. The number of amides is 1. The van der Waals surface area contributed by atoms with Crippen LogP contribution in [-0.2, 0) is 4.74 Å². The van der Waals surface area contributed by atoms with E-state index in [0.717, 1.165) is 0 Å². The van der Waals surface area contributed by atoms with Crippen LogP contribution < -0.4 is 4.90 Å². The van der Waals surface area contributed by atoms with Gasteiger partial charge in [0.25, 0.3) is 0 Å². The van der Waals surface area contributed by atoms with Gasteiger partial charge in [-0.25, -0.2) is 4.79 Å². The second-order valence-corrected chi connectivity index (χ2v) is 3.87. The Morgan fingerprint density at radius 3 is 3.00 bits per heavy atom. The summed E-state index contributed by atoms with van der Waals surface area (Å²) in [5, 5.41) is 18.1. The largest absolute Gasteiger partial charge is 0.449 e. The SMILES string of the molecule is N#Cc1ccccc1N1CC(CO)COC1=O. The molecule has 88 valence electrons. The highest BCUT2D eigenvalue weighted by Crippen LogP contribution is 2.24. The smallest absolute Gasteiger partial charge is 0.414 e. The number of rotatable bonds is 2. The minimum atomic E-state index is -0.475. The van der Waals surface area contributed by atoms with Crippen molar-refractivity contribution in [1.29, 1.82) is 5.26 Å². The summed E-state index contributed by atoms with van der Waals surface area (Å²) in [5.41, 5.74) is 0.946. The first kappa shape index (κ1) is 11.4. The van der Waals surface area contributed by atoms with Crippen LogP contribution in [0.5, 0.6) is 0 Å². The fraction of sp³-hybridized carbons (Fsp3) is 0.333. The second-order valence-electron chi connectivity index (χ2n) is 3.87. The van der Waals surface area contributed by atoms with Crippen molar-refractivity contribution in [3.05, 3.63) is 29.8 Å². The number of hydrogen-bond acceptors (Lipinski definition) is 4. The van der Waals surface area contributed by atoms with E-state index < -0.39 is 6.09 Å². The summed E-state index contributed by atoms with van der Waals surface area (Å²) in [5.74, 6) is -0.112. The molecular formula is C12H12N2O3. The molecule has 5 heteroatoms. The van der Waals surface area contributed by atoms with Gasteiger partial charge in [-0.2, -0.15) is 5.26 Å². The first-order valence-electron chi connectivity index (χ1n) is 5.30. The number of hydrogen-bond donors (Lipinski definition) is 1. The van der Waals surface area contributed by atoms with Gasteiger partial charge in [0.1, 0.15) is 6.07 Å². The monoisotopic (exact) mass is 232 g/mol. The maximum absolute atomic E-state index is 11.6. The van der Waals surface area contributed by atoms with Crippen molar-refractivity contribution >= 4 is 11.8 Å². The predicted molar refractivity (Wildman–Crippen MR) is 60.4 cm³/mol. The molecule has 0 aromatic heterocycles. The topological polar surface area (TPSA) is 73.6 Å². The molecule has 0 saturated carbocycles. The Morgan fingerprint density at radius 1 is 1.53 bits per heavy atom. The molecule has 1 N–H and O–H groups in total. The first-order valence-corrected chi connectivity index (χ1v) is 5.30. The van der Waals surface area contributed by atoms with Crippen molar-refractivity contribution < 1.29 is 14.6 Å². The zero-order valence-electron chi connectivity index (χ0n) is 9.17. The van der Waals surface area contributed by atoms with Gasteiger partial charge in [0.2, 0.25) is 0 Å². The number of benzene rings is 1. The number of anilines is 1. The van der Waals surface area contributed by atoms with Gasteiger partial charge in [-0.3, -0.25) is 4.90 Å². The second kappa shape index (κ2) is 4.85. The maximum Gasteiger partial charge on any atom is 0.414 e. The van der Waals surface area contributed by atoms with Crippen LogP contribution in [0.4, 0.5) is 10.5 Å². The average molecular weight is 232 g/mol. The van der Waals surface area contributed by atoms with Crippen LogP contribution in [0.2, 0.25) is 0 Å². The molecule has 1 aromatic rings. The standard InChI is InChI=1S/C12H12N2O3/c13-5-10-3-1-2-4-11(10)14-6-9(7-15)8-17-12(14)16/h1-4,9,15H,6-8H2. The lowest BCUT2D eigenvalue weighted by atomic mass is 10.1. The van der Waals surface area contributed by atoms with E-state index in [-0.39, 0.29) is 19.1 Å². The third kappa shape index (κ3) is 2.22. The highest BCUT2D eigenvalue weighted by molar-refractivity contribution is 5.90. The molecule has 1 atom stereocenters. The van der Waals surface area contributed by atoms with E-state index >= 15 is 0 Å². The predicted octanol–water partition coefficient (Wildman–Crippen LogP) is 1.12. The van der Waals surface area contributed by atoms with Crippen LogP contribution >= 0.6 is 0 Å². The van der Waals surface area contributed by atoms with Crippen LogP contribution in [0, 0.1) is 17.2 Å². The van der Waals surface area contributed by atoms with Crippen molar-refractivity contribution in [2.24, 2.45) is 5.92 Å². The van der Waals surface area contributed by atoms with Crippen LogP contribution in [0.3, 0.4) is 0 Å². The molecule has 1 fully saturated rings. The van der Waals surface area contributed by atoms with Gasteiger partial charge in [-0.1, -0.05) is 12.1 Å². The molecule has 1 aliphatic rings. The Hall–Kier alpha value is -2.06. The number of nitriles is 1. The van der Waals surface area contributed by atoms with Gasteiger partial charge >= 0.3 is 6.09 Å². The summed E-state index contributed by atoms with van der Waals surface area (Å²) in [6.45, 7) is 0.549. The average Bonchev–Trinajstić information content (AvgIpc) is 2.39. The summed E-state index contributed by atoms with van der Waals surface area (Å²) in [7, 11) is 0. The summed E-state index contributed by atoms with van der Waals surface area (Å²) >= 11 is 0. The number of aliphatic hydroxyl groups excluding tert-OH is 1. The third-order valence-corrected chi connectivity index (χ3v) is 2.68. The summed E-state index contributed by atoms with van der Waals surface area (Å²) in [6, 6.07) is 8.87. The third-order valence-electron chi connectivity index (χ3n) is 2.68. The molecule has 5 nitrogen and oxygen atoms in total. The van der Waals surface area contributed by atoms with Gasteiger partial charge < -0.3 is 9.84 Å². The highest BCUT2D eigenvalue weighted by atomic mass is 16.6. The fourth-order valence-corrected chi connectivity index (χ4v) is 1.76. The number of ether oxygens (including phenoxy) is 1. The van der Waals surface area contributed by atoms with E-state index in [4.69, 9.17) is 15.1 Å². The van der Waals surface area contributed by atoms with E-state index in [1.54, 1.807) is 24.3 Å². The minimum absolute atomic E-state index is 0.0432. The lowest BCUT2D eigenvalue weighted by Crippen LogP contribution is -2.44.